The van der Waals surface area contributed by atoms with Crippen molar-refractivity contribution >= 4 is 39.0 Å². The van der Waals surface area contributed by atoms with Crippen LogP contribution in [0.25, 0.3) is 10.2 Å². The molecular formula is C10H13N5OS. The first-order valence-electron chi connectivity index (χ1n) is 5.07. The Bertz CT molecular complexity index is 538. The molecular weight excluding hydrogens is 238 g/mol. The van der Waals surface area contributed by atoms with E-state index >= 15 is 0 Å². The minimum Gasteiger partial charge on any atom is -0.395 e. The normalized spacial score (nSPS) is 10.4. The molecule has 0 spiro atoms. The summed E-state index contributed by atoms with van der Waals surface area (Å²) in [6.45, 7) is 1.01. The maximum absolute atomic E-state index is 10.5. The summed E-state index contributed by atoms with van der Waals surface area (Å²) in [7, 11) is 0. The van der Waals surface area contributed by atoms with Gasteiger partial charge in [0.05, 0.1) is 21.6 Å². The molecule has 2 amide bonds. The number of carbonyl (C=O) groups excluding carboxylic acids is 1. The fourth-order valence-corrected chi connectivity index (χ4v) is 2.18. The molecule has 17 heavy (non-hydrogen) atoms. The Balaban J connectivity index is 2.03. The fourth-order valence-electron chi connectivity index (χ4n) is 1.49. The van der Waals surface area contributed by atoms with Crippen LogP contribution in [0.1, 0.15) is 0 Å². The Kier molecular flexibility index (Phi) is 3.29. The van der Waals surface area contributed by atoms with E-state index in [9.17, 15) is 4.79 Å². The number of benzene rings is 1. The lowest BCUT2D eigenvalue weighted by molar-refractivity contribution is 0.249. The largest absolute Gasteiger partial charge is 0.395 e. The van der Waals surface area contributed by atoms with Crippen molar-refractivity contribution in [2.24, 2.45) is 5.73 Å². The van der Waals surface area contributed by atoms with E-state index in [1.54, 1.807) is 16.8 Å². The van der Waals surface area contributed by atoms with E-state index in [0.717, 1.165) is 15.9 Å². The second-order valence-electron chi connectivity index (χ2n) is 3.44. The first kappa shape index (κ1) is 11.5. The van der Waals surface area contributed by atoms with Crippen LogP contribution >= 0.6 is 11.3 Å². The molecule has 7 heteroatoms. The molecule has 0 aliphatic heterocycles. The number of nitrogen functional groups attached to an aromatic ring is 1. The molecule has 0 bridgehead atoms. The Labute approximate surface area is 102 Å². The second kappa shape index (κ2) is 4.88. The number of carbonyl (C=O) groups is 1. The van der Waals surface area contributed by atoms with Crippen LogP contribution in [0, 0.1) is 0 Å². The van der Waals surface area contributed by atoms with E-state index < -0.39 is 6.03 Å². The maximum Gasteiger partial charge on any atom is 0.312 e. The molecule has 0 fully saturated rings. The lowest BCUT2D eigenvalue weighted by Gasteiger charge is -2.09. The minimum absolute atomic E-state index is 0.448. The molecule has 2 rings (SSSR count). The summed E-state index contributed by atoms with van der Waals surface area (Å²) in [5.74, 6) is 0. The van der Waals surface area contributed by atoms with E-state index in [1.165, 1.54) is 0 Å². The number of thiazole rings is 1. The van der Waals surface area contributed by atoms with Crippen LogP contribution < -0.4 is 22.1 Å². The summed E-state index contributed by atoms with van der Waals surface area (Å²) >= 11 is 1.55. The first-order chi connectivity index (χ1) is 8.18. The van der Waals surface area contributed by atoms with Gasteiger partial charge in [-0.3, -0.25) is 0 Å². The van der Waals surface area contributed by atoms with E-state index in [0.29, 0.717) is 18.8 Å². The van der Waals surface area contributed by atoms with Crippen molar-refractivity contribution in [2.75, 3.05) is 24.1 Å². The van der Waals surface area contributed by atoms with Gasteiger partial charge in [-0.2, -0.15) is 0 Å². The SMILES string of the molecule is NC(=O)NCCNc1ccc2scnc2c1N. The average molecular weight is 251 g/mol. The molecule has 90 valence electrons. The van der Waals surface area contributed by atoms with Gasteiger partial charge in [0.2, 0.25) is 0 Å². The van der Waals surface area contributed by atoms with E-state index in [1.807, 2.05) is 12.1 Å². The highest BCUT2D eigenvalue weighted by molar-refractivity contribution is 7.16. The third-order valence-electron chi connectivity index (χ3n) is 2.28. The number of nitrogens with two attached hydrogens (primary N) is 2. The highest BCUT2D eigenvalue weighted by atomic mass is 32.1. The maximum atomic E-state index is 10.5. The van der Waals surface area contributed by atoms with Crippen LogP contribution in [-0.2, 0) is 0 Å². The quantitative estimate of drug-likeness (QED) is 0.479. The topological polar surface area (TPSA) is 106 Å². The zero-order valence-electron chi connectivity index (χ0n) is 9.06. The Morgan fingerprint density at radius 3 is 3.00 bits per heavy atom. The van der Waals surface area contributed by atoms with Crippen molar-refractivity contribution in [2.45, 2.75) is 0 Å². The Morgan fingerprint density at radius 2 is 2.24 bits per heavy atom. The number of rotatable bonds is 4. The van der Waals surface area contributed by atoms with Gasteiger partial charge in [-0.05, 0) is 12.1 Å². The van der Waals surface area contributed by atoms with Crippen LogP contribution in [0.4, 0.5) is 16.2 Å². The van der Waals surface area contributed by atoms with Crippen LogP contribution in [0.5, 0.6) is 0 Å². The minimum atomic E-state index is -0.533. The van der Waals surface area contributed by atoms with Gasteiger partial charge in [0, 0.05) is 13.1 Å². The smallest absolute Gasteiger partial charge is 0.312 e. The number of anilines is 2. The molecule has 6 nitrogen and oxygen atoms in total. The van der Waals surface area contributed by atoms with Gasteiger partial charge in [-0.25, -0.2) is 9.78 Å². The molecule has 0 unspecified atom stereocenters. The molecule has 2 aromatic rings. The van der Waals surface area contributed by atoms with Gasteiger partial charge in [0.25, 0.3) is 0 Å². The lowest BCUT2D eigenvalue weighted by atomic mass is 10.2. The molecule has 0 saturated heterocycles. The monoisotopic (exact) mass is 251 g/mol. The Hall–Kier alpha value is -2.02. The predicted molar refractivity (Wildman–Crippen MR) is 70.1 cm³/mol. The van der Waals surface area contributed by atoms with Gasteiger partial charge in [-0.1, -0.05) is 0 Å². The van der Waals surface area contributed by atoms with Crippen molar-refractivity contribution in [1.29, 1.82) is 0 Å². The van der Waals surface area contributed by atoms with Gasteiger partial charge in [0.15, 0.2) is 0 Å². The van der Waals surface area contributed by atoms with Crippen molar-refractivity contribution in [3.63, 3.8) is 0 Å². The standard InChI is InChI=1S/C10H13N5OS/c11-8-6(13-3-4-14-10(12)16)1-2-7-9(8)15-5-17-7/h1-2,5,13H,3-4,11H2,(H3,12,14,16). The molecule has 0 radical (unpaired) electrons. The first-order valence-corrected chi connectivity index (χ1v) is 5.95. The summed E-state index contributed by atoms with van der Waals surface area (Å²) in [5, 5.41) is 5.61. The molecule has 0 atom stereocenters. The average Bonchev–Trinajstić information content (AvgIpc) is 2.75. The molecule has 0 saturated carbocycles. The van der Waals surface area contributed by atoms with E-state index in [4.69, 9.17) is 11.5 Å². The number of amides is 2. The molecule has 0 aliphatic carbocycles. The zero-order chi connectivity index (χ0) is 12.3. The fraction of sp³-hybridized carbons (Fsp3) is 0.200. The molecule has 1 heterocycles. The van der Waals surface area contributed by atoms with Crippen molar-refractivity contribution in [3.8, 4) is 0 Å². The van der Waals surface area contributed by atoms with E-state index in [-0.39, 0.29) is 0 Å². The molecule has 6 N–H and O–H groups in total. The highest BCUT2D eigenvalue weighted by Gasteiger charge is 2.05. The number of hydrogen-bond donors (Lipinski definition) is 4. The summed E-state index contributed by atoms with van der Waals surface area (Å²) < 4.78 is 1.06. The predicted octanol–water partition coefficient (Wildman–Crippen LogP) is 0.959. The van der Waals surface area contributed by atoms with Gasteiger partial charge in [-0.15, -0.1) is 11.3 Å². The Morgan fingerprint density at radius 1 is 1.41 bits per heavy atom. The summed E-state index contributed by atoms with van der Waals surface area (Å²) in [4.78, 5) is 14.7. The molecule has 1 aromatic carbocycles. The van der Waals surface area contributed by atoms with Crippen molar-refractivity contribution in [1.82, 2.24) is 10.3 Å². The van der Waals surface area contributed by atoms with Crippen LogP contribution in [0.2, 0.25) is 0 Å². The number of nitrogens with one attached hydrogen (secondary N) is 2. The zero-order valence-corrected chi connectivity index (χ0v) is 9.88. The molecule has 0 aliphatic rings. The lowest BCUT2D eigenvalue weighted by Crippen LogP contribution is -2.33. The highest BCUT2D eigenvalue weighted by Crippen LogP contribution is 2.29. The summed E-state index contributed by atoms with van der Waals surface area (Å²) in [6, 6.07) is 3.34. The number of nitrogens with zero attached hydrogens (tertiary/aromatic N) is 1. The molecule has 1 aromatic heterocycles. The number of primary amides is 1. The van der Waals surface area contributed by atoms with Crippen LogP contribution in [-0.4, -0.2) is 24.1 Å². The number of hydrogen-bond acceptors (Lipinski definition) is 5. The van der Waals surface area contributed by atoms with Gasteiger partial charge >= 0.3 is 6.03 Å². The van der Waals surface area contributed by atoms with Crippen molar-refractivity contribution < 1.29 is 4.79 Å². The third-order valence-corrected chi connectivity index (χ3v) is 3.08. The third kappa shape index (κ3) is 2.56. The van der Waals surface area contributed by atoms with Gasteiger partial charge < -0.3 is 22.1 Å². The van der Waals surface area contributed by atoms with E-state index in [2.05, 4.69) is 15.6 Å². The number of aromatic nitrogens is 1. The number of urea groups is 1. The summed E-state index contributed by atoms with van der Waals surface area (Å²) in [6.07, 6.45) is 0. The van der Waals surface area contributed by atoms with Gasteiger partial charge in [0.1, 0.15) is 5.52 Å². The second-order valence-corrected chi connectivity index (χ2v) is 4.33. The number of fused-ring (bicyclic) bond motifs is 1. The summed E-state index contributed by atoms with van der Waals surface area (Å²) in [5.41, 5.74) is 14.9. The van der Waals surface area contributed by atoms with Crippen LogP contribution in [0.3, 0.4) is 0 Å². The van der Waals surface area contributed by atoms with Crippen LogP contribution in [0.15, 0.2) is 17.6 Å². The van der Waals surface area contributed by atoms with Crippen molar-refractivity contribution in [3.05, 3.63) is 17.6 Å².